The molecule has 5 rings (SSSR count). The standard InChI is InChI=1S/C42H50N2O4/c1-32(41(47,28-34-18-8-3-9-19-34)29-35-20-10-4-11-21-35)44(39(46)40(38(43)45)26-16-7-17-27-40)33(2)42(48,30-36-22-12-5-13-23-36)31-37-24-14-6-15-25-37/h3-6,8-15,18-25,32-33,47-48H,7,16-17,26-31H2,1-2H3,(H2,43,45). The maximum absolute atomic E-state index is 15.3. The van der Waals surface area contributed by atoms with E-state index in [2.05, 4.69) is 0 Å². The van der Waals surface area contributed by atoms with Crippen molar-refractivity contribution in [2.75, 3.05) is 0 Å². The number of carbonyl (C=O) groups excluding carboxylic acids is 2. The quantitative estimate of drug-likeness (QED) is 0.137. The van der Waals surface area contributed by atoms with Gasteiger partial charge in [-0.15, -0.1) is 0 Å². The van der Waals surface area contributed by atoms with E-state index in [1.807, 2.05) is 135 Å². The van der Waals surface area contributed by atoms with Crippen LogP contribution in [0.2, 0.25) is 0 Å². The first-order valence-corrected chi connectivity index (χ1v) is 17.3. The molecule has 48 heavy (non-hydrogen) atoms. The van der Waals surface area contributed by atoms with Gasteiger partial charge < -0.3 is 20.8 Å². The van der Waals surface area contributed by atoms with Gasteiger partial charge in [0.05, 0.1) is 23.3 Å². The molecule has 4 N–H and O–H groups in total. The van der Waals surface area contributed by atoms with Crippen LogP contribution >= 0.6 is 0 Å². The first-order chi connectivity index (χ1) is 23.1. The largest absolute Gasteiger partial charge is 0.387 e. The van der Waals surface area contributed by atoms with Crippen LogP contribution in [0.25, 0.3) is 0 Å². The summed E-state index contributed by atoms with van der Waals surface area (Å²) < 4.78 is 0. The van der Waals surface area contributed by atoms with E-state index < -0.39 is 40.5 Å². The van der Waals surface area contributed by atoms with E-state index in [-0.39, 0.29) is 25.7 Å². The summed E-state index contributed by atoms with van der Waals surface area (Å²) in [7, 11) is 0. The minimum absolute atomic E-state index is 0.264. The van der Waals surface area contributed by atoms with Crippen molar-refractivity contribution in [3.05, 3.63) is 144 Å². The number of carbonyl (C=O) groups is 2. The van der Waals surface area contributed by atoms with Gasteiger partial charge in [-0.25, -0.2) is 0 Å². The van der Waals surface area contributed by atoms with Gasteiger partial charge in [0.2, 0.25) is 11.8 Å². The van der Waals surface area contributed by atoms with Crippen molar-refractivity contribution in [3.8, 4) is 0 Å². The van der Waals surface area contributed by atoms with Crippen LogP contribution in [0.15, 0.2) is 121 Å². The van der Waals surface area contributed by atoms with E-state index in [0.29, 0.717) is 25.7 Å². The van der Waals surface area contributed by atoms with Crippen LogP contribution in [0.3, 0.4) is 0 Å². The van der Waals surface area contributed by atoms with Crippen molar-refractivity contribution in [3.63, 3.8) is 0 Å². The van der Waals surface area contributed by atoms with Gasteiger partial charge in [-0.3, -0.25) is 9.59 Å². The molecule has 6 nitrogen and oxygen atoms in total. The van der Waals surface area contributed by atoms with Crippen molar-refractivity contribution < 1.29 is 19.8 Å². The van der Waals surface area contributed by atoms with Crippen molar-refractivity contribution in [1.29, 1.82) is 0 Å². The van der Waals surface area contributed by atoms with Crippen LogP contribution < -0.4 is 5.73 Å². The molecule has 4 aromatic rings. The first-order valence-electron chi connectivity index (χ1n) is 17.3. The van der Waals surface area contributed by atoms with E-state index in [1.54, 1.807) is 4.90 Å². The molecule has 6 heteroatoms. The summed E-state index contributed by atoms with van der Waals surface area (Å²) in [5, 5.41) is 25.9. The fourth-order valence-electron chi connectivity index (χ4n) is 7.69. The minimum Gasteiger partial charge on any atom is -0.387 e. The number of primary amides is 1. The Bertz CT molecular complexity index is 1420. The molecule has 0 aromatic heterocycles. The molecule has 252 valence electrons. The Hall–Kier alpha value is -4.26. The number of nitrogens with zero attached hydrogens (tertiary/aromatic N) is 1. The summed E-state index contributed by atoms with van der Waals surface area (Å²) in [6.45, 7) is 3.73. The average Bonchev–Trinajstić information content (AvgIpc) is 3.10. The number of hydrogen-bond acceptors (Lipinski definition) is 4. The monoisotopic (exact) mass is 646 g/mol. The van der Waals surface area contributed by atoms with Gasteiger partial charge in [0.1, 0.15) is 5.41 Å². The fourth-order valence-corrected chi connectivity index (χ4v) is 7.69. The number of hydrogen-bond donors (Lipinski definition) is 3. The van der Waals surface area contributed by atoms with E-state index in [9.17, 15) is 15.0 Å². The Kier molecular flexibility index (Phi) is 11.2. The second-order valence-electron chi connectivity index (χ2n) is 13.9. The average molecular weight is 647 g/mol. The molecule has 2 amide bonds. The molecule has 2 atom stereocenters. The molecule has 0 heterocycles. The zero-order chi connectivity index (χ0) is 34.2. The first kappa shape index (κ1) is 35.1. The molecule has 0 bridgehead atoms. The van der Waals surface area contributed by atoms with Crippen LogP contribution in [-0.4, -0.2) is 50.2 Å². The number of nitrogens with two attached hydrogens (primary N) is 1. The van der Waals surface area contributed by atoms with E-state index in [4.69, 9.17) is 5.73 Å². The van der Waals surface area contributed by atoms with E-state index >= 15 is 4.79 Å². The van der Waals surface area contributed by atoms with E-state index in [0.717, 1.165) is 28.7 Å². The summed E-state index contributed by atoms with van der Waals surface area (Å²) in [6.07, 6.45) is 4.10. The third kappa shape index (κ3) is 7.88. The fraction of sp³-hybridized carbons (Fsp3) is 0.381. The van der Waals surface area contributed by atoms with Crippen molar-refractivity contribution in [2.24, 2.45) is 11.1 Å². The summed E-state index contributed by atoms with van der Waals surface area (Å²) in [5.74, 6) is -1.05. The predicted octanol–water partition coefficient (Wildman–Crippen LogP) is 6.46. The topological polar surface area (TPSA) is 104 Å². The number of rotatable bonds is 14. The maximum Gasteiger partial charge on any atom is 0.238 e. The molecule has 4 aromatic carbocycles. The molecule has 1 aliphatic rings. The highest BCUT2D eigenvalue weighted by Gasteiger charge is 2.54. The second-order valence-corrected chi connectivity index (χ2v) is 13.9. The highest BCUT2D eigenvalue weighted by Crippen LogP contribution is 2.42. The zero-order valence-electron chi connectivity index (χ0n) is 28.3. The van der Waals surface area contributed by atoms with Gasteiger partial charge in [-0.2, -0.15) is 0 Å². The molecule has 0 spiro atoms. The molecule has 0 radical (unpaired) electrons. The van der Waals surface area contributed by atoms with Gasteiger partial charge in [-0.05, 0) is 48.9 Å². The lowest BCUT2D eigenvalue weighted by Crippen LogP contribution is -2.67. The molecule has 2 unspecified atom stereocenters. The molecular formula is C42H50N2O4. The zero-order valence-corrected chi connectivity index (χ0v) is 28.3. The van der Waals surface area contributed by atoms with Crippen LogP contribution in [0, 0.1) is 5.41 Å². The molecular weight excluding hydrogens is 596 g/mol. The third-order valence-corrected chi connectivity index (χ3v) is 10.6. The van der Waals surface area contributed by atoms with Gasteiger partial charge in [0.15, 0.2) is 0 Å². The normalized spacial score (nSPS) is 16.1. The van der Waals surface area contributed by atoms with Gasteiger partial charge >= 0.3 is 0 Å². The Balaban J connectivity index is 1.66. The molecule has 0 saturated heterocycles. The Morgan fingerprint density at radius 3 is 1.17 bits per heavy atom. The smallest absolute Gasteiger partial charge is 0.238 e. The molecule has 1 aliphatic carbocycles. The highest BCUT2D eigenvalue weighted by atomic mass is 16.3. The van der Waals surface area contributed by atoms with Crippen LogP contribution in [0.4, 0.5) is 0 Å². The lowest BCUT2D eigenvalue weighted by atomic mass is 9.70. The van der Waals surface area contributed by atoms with Gasteiger partial charge in [0, 0.05) is 25.7 Å². The number of benzene rings is 4. The van der Waals surface area contributed by atoms with E-state index in [1.165, 1.54) is 0 Å². The molecule has 1 saturated carbocycles. The van der Waals surface area contributed by atoms with Crippen molar-refractivity contribution in [1.82, 2.24) is 4.90 Å². The Labute approximate surface area is 285 Å². The maximum atomic E-state index is 15.3. The minimum atomic E-state index is -1.46. The summed E-state index contributed by atoms with van der Waals surface area (Å²) >= 11 is 0. The number of amides is 2. The Morgan fingerprint density at radius 2 is 0.896 bits per heavy atom. The van der Waals surface area contributed by atoms with Gasteiger partial charge in [-0.1, -0.05) is 141 Å². The summed E-state index contributed by atoms with van der Waals surface area (Å²) in [6, 6.07) is 37.5. The predicted molar refractivity (Wildman–Crippen MR) is 191 cm³/mol. The van der Waals surface area contributed by atoms with Crippen molar-refractivity contribution in [2.45, 2.75) is 94.9 Å². The van der Waals surface area contributed by atoms with Crippen LogP contribution in [-0.2, 0) is 35.3 Å². The third-order valence-electron chi connectivity index (χ3n) is 10.6. The lowest BCUT2D eigenvalue weighted by Gasteiger charge is -2.51. The summed E-state index contributed by atoms with van der Waals surface area (Å²) in [4.78, 5) is 30.3. The summed E-state index contributed by atoms with van der Waals surface area (Å²) in [5.41, 5.74) is 5.51. The van der Waals surface area contributed by atoms with Gasteiger partial charge in [0.25, 0.3) is 0 Å². The SMILES string of the molecule is CC(N(C(=O)C1(C(N)=O)CCCCC1)C(C)C(O)(Cc1ccccc1)Cc1ccccc1)C(O)(Cc1ccccc1)Cc1ccccc1. The second kappa shape index (κ2) is 15.3. The lowest BCUT2D eigenvalue weighted by molar-refractivity contribution is -0.170. The Morgan fingerprint density at radius 1 is 0.604 bits per heavy atom. The molecule has 1 fully saturated rings. The molecule has 0 aliphatic heterocycles. The van der Waals surface area contributed by atoms with Crippen molar-refractivity contribution >= 4 is 11.8 Å². The van der Waals surface area contributed by atoms with Crippen LogP contribution in [0.5, 0.6) is 0 Å². The number of aliphatic hydroxyl groups is 2. The van der Waals surface area contributed by atoms with Crippen LogP contribution in [0.1, 0.15) is 68.2 Å². The highest BCUT2D eigenvalue weighted by molar-refractivity contribution is 6.04.